The van der Waals surface area contributed by atoms with Crippen LogP contribution >= 0.6 is 23.2 Å². The standard InChI is InChI=1S/C11H13Cl2FN2O2S/c12-8-3-4-9(10(13)11(8)14)19(17,18)16-7-2-1-5-15-6-7/h3-4,7,15-16H,1-2,5-6H2/t7-/m0/s1. The first-order valence-corrected chi connectivity index (χ1v) is 8.02. The maximum atomic E-state index is 13.5. The summed E-state index contributed by atoms with van der Waals surface area (Å²) < 4.78 is 40.3. The van der Waals surface area contributed by atoms with Crippen molar-refractivity contribution in [3.8, 4) is 0 Å². The average molecular weight is 327 g/mol. The molecule has 1 aliphatic heterocycles. The first-order valence-electron chi connectivity index (χ1n) is 5.78. The molecule has 4 nitrogen and oxygen atoms in total. The zero-order valence-electron chi connectivity index (χ0n) is 9.92. The van der Waals surface area contributed by atoms with Crippen LogP contribution in [0.2, 0.25) is 10.0 Å². The van der Waals surface area contributed by atoms with Crippen molar-refractivity contribution < 1.29 is 12.8 Å². The van der Waals surface area contributed by atoms with Gasteiger partial charge in [-0.15, -0.1) is 0 Å². The van der Waals surface area contributed by atoms with Crippen molar-refractivity contribution in [1.29, 1.82) is 0 Å². The third-order valence-electron chi connectivity index (χ3n) is 2.91. The minimum absolute atomic E-state index is 0.205. The molecular formula is C11H13Cl2FN2O2S. The lowest BCUT2D eigenvalue weighted by atomic mass is 10.1. The molecule has 1 aromatic carbocycles. The van der Waals surface area contributed by atoms with Gasteiger partial charge in [-0.1, -0.05) is 23.2 Å². The van der Waals surface area contributed by atoms with Gasteiger partial charge in [0, 0.05) is 12.6 Å². The van der Waals surface area contributed by atoms with Crippen molar-refractivity contribution in [2.24, 2.45) is 0 Å². The fraction of sp³-hybridized carbons (Fsp3) is 0.455. The van der Waals surface area contributed by atoms with Crippen molar-refractivity contribution in [3.05, 3.63) is 28.0 Å². The second-order valence-corrected chi connectivity index (χ2v) is 6.81. The zero-order valence-corrected chi connectivity index (χ0v) is 12.2. The van der Waals surface area contributed by atoms with Gasteiger partial charge in [0.05, 0.1) is 10.0 Å². The maximum Gasteiger partial charge on any atom is 0.242 e. The van der Waals surface area contributed by atoms with E-state index in [4.69, 9.17) is 23.2 Å². The smallest absolute Gasteiger partial charge is 0.242 e. The van der Waals surface area contributed by atoms with Crippen LogP contribution in [0.5, 0.6) is 0 Å². The molecule has 0 aliphatic carbocycles. The fourth-order valence-electron chi connectivity index (χ4n) is 1.95. The Morgan fingerprint density at radius 2 is 2.11 bits per heavy atom. The van der Waals surface area contributed by atoms with Gasteiger partial charge in [-0.05, 0) is 31.5 Å². The van der Waals surface area contributed by atoms with Crippen molar-refractivity contribution in [3.63, 3.8) is 0 Å². The Morgan fingerprint density at radius 3 is 2.74 bits per heavy atom. The SMILES string of the molecule is O=S(=O)(N[C@H]1CCCNC1)c1ccc(Cl)c(F)c1Cl. The lowest BCUT2D eigenvalue weighted by Gasteiger charge is -2.23. The number of sulfonamides is 1. The van der Waals surface area contributed by atoms with Crippen molar-refractivity contribution in [2.45, 2.75) is 23.8 Å². The Morgan fingerprint density at radius 1 is 1.37 bits per heavy atom. The number of rotatable bonds is 3. The predicted molar refractivity (Wildman–Crippen MR) is 72.6 cm³/mol. The number of halogens is 3. The Hall–Kier alpha value is -0.400. The number of benzene rings is 1. The third kappa shape index (κ3) is 3.38. The number of hydrogen-bond donors (Lipinski definition) is 2. The molecule has 1 aromatic rings. The van der Waals surface area contributed by atoms with Crippen LogP contribution in [0.25, 0.3) is 0 Å². The van der Waals surface area contributed by atoms with E-state index in [1.165, 1.54) is 12.1 Å². The number of hydrogen-bond acceptors (Lipinski definition) is 3. The highest BCUT2D eigenvalue weighted by Crippen LogP contribution is 2.29. The summed E-state index contributed by atoms with van der Waals surface area (Å²) in [6.45, 7) is 1.42. The Labute approximate surface area is 121 Å². The van der Waals surface area contributed by atoms with E-state index in [1.807, 2.05) is 0 Å². The van der Waals surface area contributed by atoms with Crippen LogP contribution in [0.4, 0.5) is 4.39 Å². The first-order chi connectivity index (χ1) is 8.92. The summed E-state index contributed by atoms with van der Waals surface area (Å²) in [6.07, 6.45) is 1.62. The van der Waals surface area contributed by atoms with Gasteiger partial charge in [0.15, 0.2) is 5.82 Å². The lowest BCUT2D eigenvalue weighted by Crippen LogP contribution is -2.45. The highest BCUT2D eigenvalue weighted by atomic mass is 35.5. The van der Waals surface area contributed by atoms with Gasteiger partial charge < -0.3 is 5.32 Å². The molecule has 1 atom stereocenters. The highest BCUT2D eigenvalue weighted by Gasteiger charge is 2.25. The molecule has 0 spiro atoms. The van der Waals surface area contributed by atoms with Crippen molar-refractivity contribution >= 4 is 33.2 Å². The fourth-order valence-corrected chi connectivity index (χ4v) is 3.97. The topological polar surface area (TPSA) is 58.2 Å². The lowest BCUT2D eigenvalue weighted by molar-refractivity contribution is 0.428. The zero-order chi connectivity index (χ0) is 14.0. The molecule has 1 fully saturated rings. The minimum Gasteiger partial charge on any atom is -0.315 e. The molecule has 1 aliphatic rings. The molecule has 106 valence electrons. The minimum atomic E-state index is -3.85. The summed E-state index contributed by atoms with van der Waals surface area (Å²) in [5.41, 5.74) is 0. The molecule has 0 saturated carbocycles. The number of nitrogens with one attached hydrogen (secondary N) is 2. The van der Waals surface area contributed by atoms with Gasteiger partial charge in [0.2, 0.25) is 10.0 Å². The third-order valence-corrected chi connectivity index (χ3v) is 5.24. The normalized spacial score (nSPS) is 20.5. The monoisotopic (exact) mass is 326 g/mol. The molecule has 2 rings (SSSR count). The van der Waals surface area contributed by atoms with E-state index in [1.54, 1.807) is 0 Å². The van der Waals surface area contributed by atoms with Crippen molar-refractivity contribution in [1.82, 2.24) is 10.0 Å². The molecule has 1 heterocycles. The average Bonchev–Trinajstić information content (AvgIpc) is 2.36. The Kier molecular flexibility index (Phi) is 4.68. The summed E-state index contributed by atoms with van der Waals surface area (Å²) in [4.78, 5) is -0.290. The second-order valence-electron chi connectivity index (χ2n) is 4.34. The first kappa shape index (κ1) is 15.0. The van der Waals surface area contributed by atoms with Gasteiger partial charge in [-0.2, -0.15) is 0 Å². The molecule has 1 saturated heterocycles. The van der Waals surface area contributed by atoms with E-state index in [2.05, 4.69) is 10.0 Å². The second kappa shape index (κ2) is 5.93. The van der Waals surface area contributed by atoms with Gasteiger partial charge in [-0.3, -0.25) is 0 Å². The summed E-state index contributed by atoms with van der Waals surface area (Å²) in [6, 6.07) is 2.16. The van der Waals surface area contributed by atoms with Gasteiger partial charge >= 0.3 is 0 Å². The van der Waals surface area contributed by atoms with Gasteiger partial charge in [-0.25, -0.2) is 17.5 Å². The molecule has 0 amide bonds. The van der Waals surface area contributed by atoms with E-state index >= 15 is 0 Å². The van der Waals surface area contributed by atoms with E-state index in [9.17, 15) is 12.8 Å². The largest absolute Gasteiger partial charge is 0.315 e. The van der Waals surface area contributed by atoms with E-state index in [0.29, 0.717) is 6.54 Å². The summed E-state index contributed by atoms with van der Waals surface area (Å²) in [7, 11) is -3.85. The molecule has 0 bridgehead atoms. The van der Waals surface area contributed by atoms with Crippen LogP contribution in [0.1, 0.15) is 12.8 Å². The van der Waals surface area contributed by atoms with E-state index in [0.717, 1.165) is 19.4 Å². The summed E-state index contributed by atoms with van der Waals surface area (Å²) in [5.74, 6) is -0.923. The Bertz CT molecular complexity index is 574. The highest BCUT2D eigenvalue weighted by molar-refractivity contribution is 7.89. The number of piperidine rings is 1. The van der Waals surface area contributed by atoms with Crippen LogP contribution in [-0.4, -0.2) is 27.5 Å². The van der Waals surface area contributed by atoms with Crippen LogP contribution in [-0.2, 0) is 10.0 Å². The van der Waals surface area contributed by atoms with Crippen LogP contribution in [0.15, 0.2) is 17.0 Å². The predicted octanol–water partition coefficient (Wildman–Crippen LogP) is 2.16. The Balaban J connectivity index is 2.26. The maximum absolute atomic E-state index is 13.5. The molecule has 0 radical (unpaired) electrons. The molecule has 8 heteroatoms. The molecule has 0 aromatic heterocycles. The van der Waals surface area contributed by atoms with E-state index in [-0.39, 0.29) is 16.0 Å². The van der Waals surface area contributed by atoms with Gasteiger partial charge in [0.25, 0.3) is 0 Å². The molecule has 0 unspecified atom stereocenters. The van der Waals surface area contributed by atoms with Crippen LogP contribution in [0.3, 0.4) is 0 Å². The van der Waals surface area contributed by atoms with Gasteiger partial charge in [0.1, 0.15) is 4.90 Å². The molecule has 2 N–H and O–H groups in total. The van der Waals surface area contributed by atoms with Crippen LogP contribution in [0, 0.1) is 5.82 Å². The summed E-state index contributed by atoms with van der Waals surface area (Å²) >= 11 is 11.2. The van der Waals surface area contributed by atoms with Crippen molar-refractivity contribution in [2.75, 3.05) is 13.1 Å². The molecule has 19 heavy (non-hydrogen) atoms. The quantitative estimate of drug-likeness (QED) is 0.837. The van der Waals surface area contributed by atoms with E-state index < -0.39 is 20.9 Å². The van der Waals surface area contributed by atoms with Crippen LogP contribution < -0.4 is 10.0 Å². The molecular weight excluding hydrogens is 314 g/mol. The summed E-state index contributed by atoms with van der Waals surface area (Å²) in [5, 5.41) is 2.40.